The van der Waals surface area contributed by atoms with E-state index in [1.54, 1.807) is 25.3 Å². The number of hydrogen-bond acceptors (Lipinski definition) is 4. The normalized spacial score (nSPS) is 22.4. The van der Waals surface area contributed by atoms with Crippen molar-refractivity contribution in [2.75, 3.05) is 7.11 Å². The number of ether oxygens (including phenoxy) is 1. The molecular formula is C14H23ClN2O3S. The van der Waals surface area contributed by atoms with Crippen molar-refractivity contribution in [3.63, 3.8) is 0 Å². The van der Waals surface area contributed by atoms with Crippen molar-refractivity contribution in [3.8, 4) is 5.75 Å². The Balaban J connectivity index is 0.00000220. The van der Waals surface area contributed by atoms with Gasteiger partial charge in [-0.05, 0) is 56.4 Å². The van der Waals surface area contributed by atoms with Crippen molar-refractivity contribution in [3.05, 3.63) is 23.8 Å². The molecule has 0 heterocycles. The Kier molecular flexibility index (Phi) is 6.46. The monoisotopic (exact) mass is 334 g/mol. The highest BCUT2D eigenvalue weighted by atomic mass is 35.5. The molecule has 0 saturated heterocycles. The predicted octanol–water partition coefficient (Wildman–Crippen LogP) is 1.97. The van der Waals surface area contributed by atoms with Crippen LogP contribution in [-0.2, 0) is 10.0 Å². The lowest BCUT2D eigenvalue weighted by atomic mass is 9.93. The summed E-state index contributed by atoms with van der Waals surface area (Å²) >= 11 is 0. The number of aryl methyl sites for hydroxylation is 1. The summed E-state index contributed by atoms with van der Waals surface area (Å²) in [6, 6.07) is 5.08. The minimum atomic E-state index is -3.47. The van der Waals surface area contributed by atoms with Crippen LogP contribution in [0.2, 0.25) is 0 Å². The first-order valence-corrected chi connectivity index (χ1v) is 8.33. The number of benzene rings is 1. The van der Waals surface area contributed by atoms with Crippen LogP contribution in [0.3, 0.4) is 0 Å². The zero-order valence-corrected chi connectivity index (χ0v) is 14.0. The van der Waals surface area contributed by atoms with E-state index >= 15 is 0 Å². The average molecular weight is 335 g/mol. The van der Waals surface area contributed by atoms with E-state index in [4.69, 9.17) is 10.5 Å². The lowest BCUT2D eigenvalue weighted by Gasteiger charge is -2.26. The van der Waals surface area contributed by atoms with Crippen LogP contribution in [-0.4, -0.2) is 27.6 Å². The first kappa shape index (κ1) is 18.2. The van der Waals surface area contributed by atoms with E-state index in [9.17, 15) is 8.42 Å². The second-order valence-corrected chi connectivity index (χ2v) is 7.08. The van der Waals surface area contributed by atoms with E-state index in [0.29, 0.717) is 5.75 Å². The van der Waals surface area contributed by atoms with Gasteiger partial charge in [0.05, 0.1) is 12.0 Å². The topological polar surface area (TPSA) is 81.4 Å². The number of rotatable bonds is 4. The van der Waals surface area contributed by atoms with Gasteiger partial charge in [-0.3, -0.25) is 0 Å². The second-order valence-electron chi connectivity index (χ2n) is 5.36. The first-order chi connectivity index (χ1) is 9.42. The molecule has 0 spiro atoms. The molecule has 0 atom stereocenters. The van der Waals surface area contributed by atoms with Gasteiger partial charge in [-0.15, -0.1) is 12.4 Å². The minimum absolute atomic E-state index is 0. The fraction of sp³-hybridized carbons (Fsp3) is 0.571. The van der Waals surface area contributed by atoms with Crippen LogP contribution >= 0.6 is 12.4 Å². The number of sulfonamides is 1. The van der Waals surface area contributed by atoms with Crippen LogP contribution in [0.25, 0.3) is 0 Å². The molecule has 1 aromatic carbocycles. The Hall–Kier alpha value is -0.820. The van der Waals surface area contributed by atoms with Gasteiger partial charge in [0.15, 0.2) is 0 Å². The van der Waals surface area contributed by atoms with E-state index < -0.39 is 10.0 Å². The Bertz CT molecular complexity index is 570. The molecule has 7 heteroatoms. The van der Waals surface area contributed by atoms with E-state index in [2.05, 4.69) is 4.72 Å². The largest absolute Gasteiger partial charge is 0.496 e. The van der Waals surface area contributed by atoms with E-state index in [-0.39, 0.29) is 29.4 Å². The van der Waals surface area contributed by atoms with Gasteiger partial charge in [0, 0.05) is 12.1 Å². The van der Waals surface area contributed by atoms with Crippen molar-refractivity contribution in [1.29, 1.82) is 0 Å². The van der Waals surface area contributed by atoms with Gasteiger partial charge in [-0.2, -0.15) is 0 Å². The van der Waals surface area contributed by atoms with Gasteiger partial charge in [-0.1, -0.05) is 0 Å². The molecule has 1 saturated carbocycles. The Morgan fingerprint density at radius 3 is 2.38 bits per heavy atom. The average Bonchev–Trinajstić information content (AvgIpc) is 2.41. The minimum Gasteiger partial charge on any atom is -0.496 e. The number of methoxy groups -OCH3 is 1. The fourth-order valence-corrected chi connectivity index (χ4v) is 3.93. The smallest absolute Gasteiger partial charge is 0.240 e. The Morgan fingerprint density at radius 1 is 1.24 bits per heavy atom. The summed E-state index contributed by atoms with van der Waals surface area (Å²) in [5.41, 5.74) is 6.64. The first-order valence-electron chi connectivity index (χ1n) is 6.85. The van der Waals surface area contributed by atoms with E-state index in [0.717, 1.165) is 31.2 Å². The van der Waals surface area contributed by atoms with Crippen LogP contribution in [0.1, 0.15) is 31.2 Å². The third-order valence-electron chi connectivity index (χ3n) is 3.77. The number of halogens is 1. The quantitative estimate of drug-likeness (QED) is 0.882. The maximum absolute atomic E-state index is 12.4. The van der Waals surface area contributed by atoms with Crippen LogP contribution in [0.4, 0.5) is 0 Å². The molecule has 0 unspecified atom stereocenters. The van der Waals surface area contributed by atoms with Crippen LogP contribution < -0.4 is 15.2 Å². The van der Waals surface area contributed by atoms with Crippen LogP contribution in [0.5, 0.6) is 5.75 Å². The van der Waals surface area contributed by atoms with Crippen molar-refractivity contribution in [2.24, 2.45) is 5.73 Å². The summed E-state index contributed by atoms with van der Waals surface area (Å²) in [5, 5.41) is 0. The maximum Gasteiger partial charge on any atom is 0.240 e. The van der Waals surface area contributed by atoms with Crippen molar-refractivity contribution in [2.45, 2.75) is 49.6 Å². The zero-order valence-electron chi connectivity index (χ0n) is 12.3. The summed E-state index contributed by atoms with van der Waals surface area (Å²) in [7, 11) is -1.90. The number of hydrogen-bond donors (Lipinski definition) is 2. The maximum atomic E-state index is 12.4. The molecule has 0 aliphatic heterocycles. The lowest BCUT2D eigenvalue weighted by Crippen LogP contribution is -2.40. The summed E-state index contributed by atoms with van der Waals surface area (Å²) in [5.74, 6) is 0.688. The third-order valence-corrected chi connectivity index (χ3v) is 5.29. The van der Waals surface area contributed by atoms with Crippen molar-refractivity contribution in [1.82, 2.24) is 4.72 Å². The van der Waals surface area contributed by atoms with Crippen molar-refractivity contribution < 1.29 is 13.2 Å². The fourth-order valence-electron chi connectivity index (χ4n) is 2.54. The number of nitrogens with two attached hydrogens (primary N) is 1. The van der Waals surface area contributed by atoms with Gasteiger partial charge in [0.25, 0.3) is 0 Å². The standard InChI is InChI=1S/C14H22N2O3S.ClH/c1-10-9-13(7-8-14(10)19-2)20(17,18)16-12-5-3-11(15)4-6-12;/h7-9,11-12,16H,3-6,15H2,1-2H3;1H. The third kappa shape index (κ3) is 4.57. The highest BCUT2D eigenvalue weighted by Gasteiger charge is 2.24. The molecule has 1 aliphatic carbocycles. The molecule has 120 valence electrons. The molecule has 5 nitrogen and oxygen atoms in total. The molecule has 21 heavy (non-hydrogen) atoms. The zero-order chi connectivity index (χ0) is 14.8. The van der Waals surface area contributed by atoms with Gasteiger partial charge >= 0.3 is 0 Å². The predicted molar refractivity (Wildman–Crippen MR) is 85.5 cm³/mol. The van der Waals surface area contributed by atoms with Gasteiger partial charge in [-0.25, -0.2) is 13.1 Å². The number of nitrogens with one attached hydrogen (secondary N) is 1. The summed E-state index contributed by atoms with van der Waals surface area (Å²) in [6.45, 7) is 1.83. The molecule has 1 aliphatic rings. The molecule has 2 rings (SSSR count). The highest BCUT2D eigenvalue weighted by molar-refractivity contribution is 7.89. The van der Waals surface area contributed by atoms with Gasteiger partial charge in [0.2, 0.25) is 10.0 Å². The summed E-state index contributed by atoms with van der Waals surface area (Å²) in [4.78, 5) is 0.283. The van der Waals surface area contributed by atoms with Crippen LogP contribution in [0.15, 0.2) is 23.1 Å². The molecule has 0 amide bonds. The summed E-state index contributed by atoms with van der Waals surface area (Å²) < 4.78 is 32.6. The molecule has 1 aromatic rings. The molecule has 1 fully saturated rings. The van der Waals surface area contributed by atoms with E-state index in [1.807, 2.05) is 6.92 Å². The SMILES string of the molecule is COc1ccc(S(=O)(=O)NC2CCC(N)CC2)cc1C.Cl. The van der Waals surface area contributed by atoms with Gasteiger partial charge in [0.1, 0.15) is 5.75 Å². The molecule has 3 N–H and O–H groups in total. The van der Waals surface area contributed by atoms with Gasteiger partial charge < -0.3 is 10.5 Å². The van der Waals surface area contributed by atoms with Crippen molar-refractivity contribution >= 4 is 22.4 Å². The van der Waals surface area contributed by atoms with Crippen LogP contribution in [0, 0.1) is 6.92 Å². The molecular weight excluding hydrogens is 312 g/mol. The summed E-state index contributed by atoms with van der Waals surface area (Å²) in [6.07, 6.45) is 3.34. The molecule has 0 aromatic heterocycles. The Morgan fingerprint density at radius 2 is 1.86 bits per heavy atom. The highest BCUT2D eigenvalue weighted by Crippen LogP contribution is 2.23. The molecule has 0 radical (unpaired) electrons. The molecule has 0 bridgehead atoms. The van der Waals surface area contributed by atoms with E-state index in [1.165, 1.54) is 0 Å². The second kappa shape index (κ2) is 7.45. The lowest BCUT2D eigenvalue weighted by molar-refractivity contribution is 0.373. The Labute approximate surface area is 132 Å².